The van der Waals surface area contributed by atoms with Gasteiger partial charge in [0, 0.05) is 5.39 Å². The van der Waals surface area contributed by atoms with Crippen LogP contribution in [-0.2, 0) is 16.1 Å². The van der Waals surface area contributed by atoms with Crippen LogP contribution < -0.4 is 10.9 Å². The van der Waals surface area contributed by atoms with Gasteiger partial charge in [-0.3, -0.25) is 14.5 Å². The highest BCUT2D eigenvalue weighted by Gasteiger charge is 2.35. The van der Waals surface area contributed by atoms with E-state index in [-0.39, 0.29) is 30.1 Å². The zero-order valence-corrected chi connectivity index (χ0v) is 15.0. The minimum Gasteiger partial charge on any atom is -0.378 e. The van der Waals surface area contributed by atoms with Crippen molar-refractivity contribution in [3.8, 4) is 0 Å². The first-order chi connectivity index (χ1) is 12.6. The van der Waals surface area contributed by atoms with E-state index >= 15 is 0 Å². The molecule has 1 aromatic heterocycles. The zero-order chi connectivity index (χ0) is 18.1. The molecule has 0 aliphatic carbocycles. The number of hydrogen-bond acceptors (Lipinski definition) is 5. The molecule has 2 fully saturated rings. The number of likely N-dealkylation sites (tertiary alicyclic amines) is 1. The highest BCUT2D eigenvalue weighted by atomic mass is 16.5. The van der Waals surface area contributed by atoms with Crippen molar-refractivity contribution >= 4 is 16.7 Å². The second kappa shape index (κ2) is 7.17. The Kier molecular flexibility index (Phi) is 4.74. The predicted molar refractivity (Wildman–Crippen MR) is 98.1 cm³/mol. The highest BCUT2D eigenvalue weighted by molar-refractivity contribution is 5.83. The largest absolute Gasteiger partial charge is 0.378 e. The second-order valence-corrected chi connectivity index (χ2v) is 7.12. The van der Waals surface area contributed by atoms with Crippen molar-refractivity contribution in [1.29, 1.82) is 0 Å². The van der Waals surface area contributed by atoms with Gasteiger partial charge >= 0.3 is 0 Å². The number of ether oxygens (including phenoxy) is 1. The number of benzene rings is 1. The number of hydrogen-bond donors (Lipinski definition) is 1. The molecule has 2 saturated heterocycles. The summed E-state index contributed by atoms with van der Waals surface area (Å²) in [6.45, 7) is 5.07. The lowest BCUT2D eigenvalue weighted by Crippen LogP contribution is -2.51. The van der Waals surface area contributed by atoms with Crippen LogP contribution in [0.25, 0.3) is 10.8 Å². The number of carbonyl (C=O) groups excluding carboxylic acids is 1. The van der Waals surface area contributed by atoms with Gasteiger partial charge in [-0.25, -0.2) is 4.68 Å². The topological polar surface area (TPSA) is 76.5 Å². The normalized spacial score (nSPS) is 23.6. The zero-order valence-electron chi connectivity index (χ0n) is 15.0. The number of rotatable bonds is 4. The summed E-state index contributed by atoms with van der Waals surface area (Å²) >= 11 is 0. The minimum atomic E-state index is -0.236. The first-order valence-electron chi connectivity index (χ1n) is 9.21. The number of nitrogens with zero attached hydrogens (tertiary/aromatic N) is 3. The summed E-state index contributed by atoms with van der Waals surface area (Å²) in [5.41, 5.74) is 0.507. The van der Waals surface area contributed by atoms with Crippen LogP contribution in [0.15, 0.2) is 29.1 Å². The van der Waals surface area contributed by atoms with Gasteiger partial charge in [0.05, 0.1) is 36.4 Å². The first-order valence-corrected chi connectivity index (χ1v) is 9.21. The number of fused-ring (bicyclic) bond motifs is 1. The van der Waals surface area contributed by atoms with Gasteiger partial charge in [0.2, 0.25) is 5.91 Å². The summed E-state index contributed by atoms with van der Waals surface area (Å²) in [7, 11) is 0. The Morgan fingerprint density at radius 3 is 2.73 bits per heavy atom. The number of carbonyl (C=O) groups is 1. The van der Waals surface area contributed by atoms with Crippen molar-refractivity contribution in [2.45, 2.75) is 38.4 Å². The molecule has 2 atom stereocenters. The van der Waals surface area contributed by atoms with Gasteiger partial charge in [0.1, 0.15) is 6.54 Å². The summed E-state index contributed by atoms with van der Waals surface area (Å²) in [4.78, 5) is 27.5. The van der Waals surface area contributed by atoms with Crippen molar-refractivity contribution in [2.75, 3.05) is 26.3 Å². The van der Waals surface area contributed by atoms with E-state index in [0.717, 1.165) is 24.2 Å². The number of nitrogens with one attached hydrogen (secondary N) is 1. The van der Waals surface area contributed by atoms with Gasteiger partial charge in [0.15, 0.2) is 0 Å². The van der Waals surface area contributed by atoms with Crippen molar-refractivity contribution in [3.05, 3.63) is 40.3 Å². The molecule has 3 heterocycles. The van der Waals surface area contributed by atoms with Crippen LogP contribution in [0.3, 0.4) is 0 Å². The Morgan fingerprint density at radius 2 is 1.96 bits per heavy atom. The van der Waals surface area contributed by atoms with E-state index in [9.17, 15) is 9.59 Å². The lowest BCUT2D eigenvalue weighted by molar-refractivity contribution is -0.122. The molecule has 1 aromatic carbocycles. The number of aromatic nitrogens is 2. The van der Waals surface area contributed by atoms with E-state index in [1.165, 1.54) is 17.5 Å². The predicted octanol–water partition coefficient (Wildman–Crippen LogP) is 0.684. The van der Waals surface area contributed by atoms with E-state index in [1.54, 1.807) is 6.07 Å². The monoisotopic (exact) mass is 356 g/mol. The Balaban J connectivity index is 1.49. The van der Waals surface area contributed by atoms with E-state index in [2.05, 4.69) is 15.3 Å². The molecule has 2 aromatic rings. The van der Waals surface area contributed by atoms with Crippen molar-refractivity contribution in [3.63, 3.8) is 0 Å². The van der Waals surface area contributed by atoms with Gasteiger partial charge in [-0.05, 0) is 38.9 Å². The average molecular weight is 356 g/mol. The van der Waals surface area contributed by atoms with Crippen LogP contribution in [0, 0.1) is 6.92 Å². The van der Waals surface area contributed by atoms with Crippen molar-refractivity contribution in [1.82, 2.24) is 20.0 Å². The number of amides is 1. The molecular weight excluding hydrogens is 332 g/mol. The Bertz CT molecular complexity index is 873. The minimum absolute atomic E-state index is 0.0298. The van der Waals surface area contributed by atoms with Gasteiger partial charge in [0.25, 0.3) is 5.56 Å². The molecular formula is C19H24N4O3. The molecule has 0 unspecified atom stereocenters. The molecule has 0 bridgehead atoms. The maximum atomic E-state index is 12.6. The third kappa shape index (κ3) is 3.24. The molecule has 138 valence electrons. The molecule has 4 rings (SSSR count). The summed E-state index contributed by atoms with van der Waals surface area (Å²) in [5, 5.41) is 8.77. The lowest BCUT2D eigenvalue weighted by atomic mass is 10.1. The fourth-order valence-electron chi connectivity index (χ4n) is 4.01. The lowest BCUT2D eigenvalue weighted by Gasteiger charge is -2.27. The summed E-state index contributed by atoms with van der Waals surface area (Å²) in [6.07, 6.45) is 2.40. The number of aryl methyl sites for hydroxylation is 1. The quantitative estimate of drug-likeness (QED) is 0.872. The molecule has 7 heteroatoms. The maximum Gasteiger partial charge on any atom is 0.275 e. The summed E-state index contributed by atoms with van der Waals surface area (Å²) in [6, 6.07) is 7.55. The average Bonchev–Trinajstić information content (AvgIpc) is 3.31. The molecule has 7 nitrogen and oxygen atoms in total. The molecule has 0 saturated carbocycles. The van der Waals surface area contributed by atoms with Crippen molar-refractivity contribution in [2.24, 2.45) is 0 Å². The standard InChI is InChI=1S/C19H24N4O3/c1-13-14-6-2-3-7-15(14)19(25)23(21-13)10-18(24)20-16-11-26-12-17(16)22-8-4-5-9-22/h2-3,6-7,16-17H,4-5,8-12H2,1H3,(H,20,24)/t16-,17-/m1/s1. The fourth-order valence-corrected chi connectivity index (χ4v) is 4.01. The molecule has 2 aliphatic rings. The Hall–Kier alpha value is -2.25. The van der Waals surface area contributed by atoms with Crippen LogP contribution in [0.5, 0.6) is 0 Å². The third-order valence-electron chi connectivity index (χ3n) is 5.35. The Morgan fingerprint density at radius 1 is 1.23 bits per heavy atom. The van der Waals surface area contributed by atoms with Gasteiger partial charge in [-0.1, -0.05) is 18.2 Å². The molecule has 26 heavy (non-hydrogen) atoms. The molecule has 1 N–H and O–H groups in total. The van der Waals surface area contributed by atoms with E-state index < -0.39 is 0 Å². The van der Waals surface area contributed by atoms with Gasteiger partial charge in [-0.15, -0.1) is 0 Å². The van der Waals surface area contributed by atoms with Crippen molar-refractivity contribution < 1.29 is 9.53 Å². The van der Waals surface area contributed by atoms with Crippen LogP contribution in [0.1, 0.15) is 18.5 Å². The van der Waals surface area contributed by atoms with Crippen LogP contribution in [-0.4, -0.2) is 59.0 Å². The smallest absolute Gasteiger partial charge is 0.275 e. The molecule has 0 spiro atoms. The maximum absolute atomic E-state index is 12.6. The SMILES string of the molecule is Cc1nn(CC(=O)N[C@@H]2COC[C@H]2N2CCCC2)c(=O)c2ccccc12. The molecule has 2 aliphatic heterocycles. The van der Waals surface area contributed by atoms with E-state index in [0.29, 0.717) is 18.6 Å². The third-order valence-corrected chi connectivity index (χ3v) is 5.35. The van der Waals surface area contributed by atoms with E-state index in [4.69, 9.17) is 4.74 Å². The fraction of sp³-hybridized carbons (Fsp3) is 0.526. The molecule has 0 radical (unpaired) electrons. The summed E-state index contributed by atoms with van der Waals surface area (Å²) < 4.78 is 6.85. The van der Waals surface area contributed by atoms with Crippen LogP contribution in [0.2, 0.25) is 0 Å². The van der Waals surface area contributed by atoms with E-state index in [1.807, 2.05) is 25.1 Å². The van der Waals surface area contributed by atoms with Crippen LogP contribution >= 0.6 is 0 Å². The second-order valence-electron chi connectivity index (χ2n) is 7.12. The summed E-state index contributed by atoms with van der Waals surface area (Å²) in [5.74, 6) is -0.200. The first kappa shape index (κ1) is 17.2. The van der Waals surface area contributed by atoms with Gasteiger partial charge in [-0.2, -0.15) is 5.10 Å². The highest BCUT2D eigenvalue weighted by Crippen LogP contribution is 2.19. The Labute approximate surface area is 151 Å². The van der Waals surface area contributed by atoms with Gasteiger partial charge < -0.3 is 10.1 Å². The van der Waals surface area contributed by atoms with Crippen LogP contribution in [0.4, 0.5) is 0 Å². The molecule has 1 amide bonds.